The number of hydrogen-bond donors (Lipinski definition) is 1. The monoisotopic (exact) mass is 479 g/mol. The van der Waals surface area contributed by atoms with Gasteiger partial charge < -0.3 is 9.88 Å². The fourth-order valence-corrected chi connectivity index (χ4v) is 5.20. The molecule has 0 aliphatic carbocycles. The van der Waals surface area contributed by atoms with Crippen LogP contribution in [0, 0.1) is 0 Å². The first-order chi connectivity index (χ1) is 18.3. The van der Waals surface area contributed by atoms with Gasteiger partial charge in [-0.25, -0.2) is 0 Å². The third-order valence-corrected chi connectivity index (χ3v) is 6.95. The number of nitrogens with zero attached hydrogens (tertiary/aromatic N) is 4. The highest BCUT2D eigenvalue weighted by atomic mass is 15.3. The molecule has 3 aromatic carbocycles. The van der Waals surface area contributed by atoms with Crippen LogP contribution < -0.4 is 5.32 Å². The van der Waals surface area contributed by atoms with Crippen molar-refractivity contribution in [3.05, 3.63) is 139 Å². The van der Waals surface area contributed by atoms with Crippen molar-refractivity contribution in [2.45, 2.75) is 12.6 Å². The summed E-state index contributed by atoms with van der Waals surface area (Å²) in [6.07, 6.45) is 10.0. The van der Waals surface area contributed by atoms with Crippen molar-refractivity contribution in [2.24, 2.45) is 0 Å². The lowest BCUT2D eigenvalue weighted by molar-refractivity contribution is 0.596. The summed E-state index contributed by atoms with van der Waals surface area (Å²) in [4.78, 5) is 4.51. The molecule has 1 N–H and O–H groups in total. The zero-order valence-electron chi connectivity index (χ0n) is 20.2. The Morgan fingerprint density at radius 3 is 2.14 bits per heavy atom. The highest BCUT2D eigenvalue weighted by Crippen LogP contribution is 2.32. The van der Waals surface area contributed by atoms with Gasteiger partial charge in [-0.05, 0) is 60.3 Å². The molecule has 6 aromatic rings. The lowest BCUT2D eigenvalue weighted by Gasteiger charge is -2.17. The van der Waals surface area contributed by atoms with Gasteiger partial charge in [0.15, 0.2) is 0 Å². The van der Waals surface area contributed by atoms with Gasteiger partial charge in [-0.1, -0.05) is 66.7 Å². The zero-order valence-corrected chi connectivity index (χ0v) is 20.2. The lowest BCUT2D eigenvalue weighted by Crippen LogP contribution is -2.19. The van der Waals surface area contributed by atoms with Crippen LogP contribution >= 0.6 is 0 Å². The second-order valence-electron chi connectivity index (χ2n) is 9.25. The maximum absolute atomic E-state index is 4.96. The highest BCUT2D eigenvalue weighted by molar-refractivity contribution is 6.09. The Labute approximate surface area is 215 Å². The van der Waals surface area contributed by atoms with E-state index in [2.05, 4.69) is 111 Å². The minimum atomic E-state index is 0.0619. The normalized spacial score (nSPS) is 14.9. The quantitative estimate of drug-likeness (QED) is 0.296. The predicted octanol–water partition coefficient (Wildman–Crippen LogP) is 6.80. The van der Waals surface area contributed by atoms with E-state index in [1.165, 1.54) is 27.4 Å². The molecule has 0 saturated heterocycles. The minimum Gasteiger partial charge on any atom is -0.379 e. The summed E-state index contributed by atoms with van der Waals surface area (Å²) in [6.45, 7) is 0.672. The van der Waals surface area contributed by atoms with Gasteiger partial charge in [0.1, 0.15) is 5.69 Å². The second-order valence-corrected chi connectivity index (χ2v) is 9.25. The molecule has 0 fully saturated rings. The Hall–Kier alpha value is -4.90. The van der Waals surface area contributed by atoms with Gasteiger partial charge in [-0.3, -0.25) is 9.67 Å². The van der Waals surface area contributed by atoms with E-state index in [1.807, 2.05) is 36.7 Å². The van der Waals surface area contributed by atoms with Gasteiger partial charge in [0.25, 0.3) is 0 Å². The fourth-order valence-electron chi connectivity index (χ4n) is 5.20. The average Bonchev–Trinajstić information content (AvgIpc) is 3.54. The molecule has 7 rings (SSSR count). The van der Waals surface area contributed by atoms with Gasteiger partial charge in [-0.15, -0.1) is 0 Å². The Balaban J connectivity index is 1.26. The van der Waals surface area contributed by atoms with Crippen LogP contribution in [0.5, 0.6) is 0 Å². The van der Waals surface area contributed by atoms with Gasteiger partial charge in [-0.2, -0.15) is 5.10 Å². The maximum Gasteiger partial charge on any atom is 0.111 e. The van der Waals surface area contributed by atoms with Gasteiger partial charge in [0.2, 0.25) is 0 Å². The Morgan fingerprint density at radius 2 is 1.46 bits per heavy atom. The van der Waals surface area contributed by atoms with Crippen LogP contribution in [-0.4, -0.2) is 19.3 Å². The molecule has 0 amide bonds. The number of nitrogens with one attached hydrogen (secondary N) is 1. The van der Waals surface area contributed by atoms with E-state index in [1.54, 1.807) is 0 Å². The standard InChI is InChI=1S/C32H25N5/c1-3-13-30-25(9-1)26-10-2-4-14-31(26)37(30)24-17-15-23(16-18-24)22-36-32(28-12-6-8-20-34-28)21-29(35-36)27-11-5-7-19-33-27/h1-21,28,34H,22H2. The number of para-hydroxylation sites is 2. The van der Waals surface area contributed by atoms with Crippen LogP contribution in [0.15, 0.2) is 128 Å². The first kappa shape index (κ1) is 21.4. The molecule has 0 bridgehead atoms. The molecule has 4 heterocycles. The molecule has 1 atom stereocenters. The number of rotatable bonds is 5. The third-order valence-electron chi connectivity index (χ3n) is 6.95. The largest absolute Gasteiger partial charge is 0.379 e. The van der Waals surface area contributed by atoms with Crippen molar-refractivity contribution < 1.29 is 0 Å². The summed E-state index contributed by atoms with van der Waals surface area (Å²) < 4.78 is 4.43. The number of dihydropyridines is 1. The SMILES string of the molecule is C1=CNC(c2cc(-c3ccccn3)nn2Cc2ccc(-n3c4ccccc4c4ccccc43)cc2)C=C1. The van der Waals surface area contributed by atoms with E-state index in [0.717, 1.165) is 22.8 Å². The molecule has 1 aliphatic heterocycles. The van der Waals surface area contributed by atoms with Crippen molar-refractivity contribution in [3.8, 4) is 17.1 Å². The topological polar surface area (TPSA) is 47.7 Å². The molecule has 5 heteroatoms. The Bertz CT molecular complexity index is 1720. The molecule has 37 heavy (non-hydrogen) atoms. The van der Waals surface area contributed by atoms with E-state index in [0.29, 0.717) is 6.54 Å². The second kappa shape index (κ2) is 8.95. The first-order valence-corrected chi connectivity index (χ1v) is 12.5. The molecule has 3 aromatic heterocycles. The number of hydrogen-bond acceptors (Lipinski definition) is 3. The van der Waals surface area contributed by atoms with Gasteiger partial charge >= 0.3 is 0 Å². The van der Waals surface area contributed by atoms with Gasteiger partial charge in [0, 0.05) is 22.7 Å². The van der Waals surface area contributed by atoms with E-state index in [-0.39, 0.29) is 6.04 Å². The zero-order chi connectivity index (χ0) is 24.6. The molecular weight excluding hydrogens is 454 g/mol. The average molecular weight is 480 g/mol. The molecule has 0 radical (unpaired) electrons. The third kappa shape index (κ3) is 3.81. The molecule has 0 spiro atoms. The van der Waals surface area contributed by atoms with E-state index in [4.69, 9.17) is 5.10 Å². The van der Waals surface area contributed by atoms with Gasteiger partial charge in [0.05, 0.1) is 35.0 Å². The summed E-state index contributed by atoms with van der Waals surface area (Å²) in [5.74, 6) is 0. The fraction of sp³-hybridized carbons (Fsp3) is 0.0625. The summed E-state index contributed by atoms with van der Waals surface area (Å²) in [5.41, 5.74) is 7.63. The Kier molecular flexibility index (Phi) is 5.18. The molecule has 1 aliphatic rings. The van der Waals surface area contributed by atoms with Crippen LogP contribution in [0.1, 0.15) is 17.3 Å². The highest BCUT2D eigenvalue weighted by Gasteiger charge is 2.18. The Morgan fingerprint density at radius 1 is 0.730 bits per heavy atom. The van der Waals surface area contributed by atoms with Crippen LogP contribution in [0.25, 0.3) is 38.9 Å². The van der Waals surface area contributed by atoms with Crippen molar-refractivity contribution in [1.29, 1.82) is 0 Å². The van der Waals surface area contributed by atoms with Crippen LogP contribution in [0.2, 0.25) is 0 Å². The number of allylic oxidation sites excluding steroid dienone is 2. The predicted molar refractivity (Wildman–Crippen MR) is 149 cm³/mol. The van der Waals surface area contributed by atoms with Crippen molar-refractivity contribution in [1.82, 2.24) is 24.6 Å². The first-order valence-electron chi connectivity index (χ1n) is 12.5. The van der Waals surface area contributed by atoms with Crippen molar-refractivity contribution in [2.75, 3.05) is 0 Å². The smallest absolute Gasteiger partial charge is 0.111 e. The number of benzene rings is 3. The van der Waals surface area contributed by atoms with Crippen LogP contribution in [0.4, 0.5) is 0 Å². The summed E-state index contributed by atoms with van der Waals surface area (Å²) in [5, 5.41) is 10.9. The molecular formula is C32H25N5. The summed E-state index contributed by atoms with van der Waals surface area (Å²) in [6, 6.07) is 34.1. The number of aromatic nitrogens is 4. The number of fused-ring (bicyclic) bond motifs is 3. The molecule has 5 nitrogen and oxygen atoms in total. The summed E-state index contributed by atoms with van der Waals surface area (Å²) in [7, 11) is 0. The molecule has 178 valence electrons. The van der Waals surface area contributed by atoms with Crippen LogP contribution in [0.3, 0.4) is 0 Å². The van der Waals surface area contributed by atoms with Crippen molar-refractivity contribution in [3.63, 3.8) is 0 Å². The molecule has 1 unspecified atom stereocenters. The number of pyridine rings is 1. The van der Waals surface area contributed by atoms with Crippen molar-refractivity contribution >= 4 is 21.8 Å². The maximum atomic E-state index is 4.96. The minimum absolute atomic E-state index is 0.0619. The van der Waals surface area contributed by atoms with E-state index >= 15 is 0 Å². The van der Waals surface area contributed by atoms with E-state index in [9.17, 15) is 0 Å². The van der Waals surface area contributed by atoms with Crippen LogP contribution in [-0.2, 0) is 6.54 Å². The summed E-state index contributed by atoms with van der Waals surface area (Å²) >= 11 is 0. The molecule has 0 saturated carbocycles. The van der Waals surface area contributed by atoms with E-state index < -0.39 is 0 Å². The lowest BCUT2D eigenvalue weighted by atomic mass is 10.1.